The van der Waals surface area contributed by atoms with Crippen molar-refractivity contribution in [3.05, 3.63) is 12.2 Å². The summed E-state index contributed by atoms with van der Waals surface area (Å²) in [6, 6.07) is 0. The lowest BCUT2D eigenvalue weighted by atomic mass is 10.1. The maximum absolute atomic E-state index is 8.95. The molecule has 1 N–H and O–H groups in total. The van der Waals surface area contributed by atoms with Crippen molar-refractivity contribution in [3.63, 3.8) is 0 Å². The summed E-state index contributed by atoms with van der Waals surface area (Å²) in [7, 11) is 0. The highest BCUT2D eigenvalue weighted by Gasteiger charge is 2.14. The molecule has 18 heavy (non-hydrogen) atoms. The molecule has 0 radical (unpaired) electrons. The molecule has 3 nitrogen and oxygen atoms in total. The molecule has 0 aromatic carbocycles. The molecule has 1 rings (SSSR count). The highest BCUT2D eigenvalue weighted by Crippen LogP contribution is 2.09. The molecular formula is C15H28N2O. The quantitative estimate of drug-likeness (QED) is 0.479. The van der Waals surface area contributed by atoms with Crippen LogP contribution >= 0.6 is 0 Å². The second-order valence-electron chi connectivity index (χ2n) is 4.87. The lowest BCUT2D eigenvalue weighted by Crippen LogP contribution is -2.30. The van der Waals surface area contributed by atoms with E-state index in [-0.39, 0.29) is 6.61 Å². The van der Waals surface area contributed by atoms with E-state index in [4.69, 9.17) is 5.11 Å². The van der Waals surface area contributed by atoms with Crippen LogP contribution in [0.3, 0.4) is 0 Å². The zero-order valence-corrected chi connectivity index (χ0v) is 11.8. The van der Waals surface area contributed by atoms with Gasteiger partial charge in [0.1, 0.15) is 0 Å². The van der Waals surface area contributed by atoms with Crippen LogP contribution in [0.2, 0.25) is 0 Å². The SMILES string of the molecule is CCCCC/C=C/CCCC1=NCCN1CCO. The number of aliphatic imine (C=N–C) groups is 1. The highest BCUT2D eigenvalue weighted by molar-refractivity contribution is 5.83. The van der Waals surface area contributed by atoms with Gasteiger partial charge in [0.05, 0.1) is 19.0 Å². The zero-order chi connectivity index (χ0) is 13.1. The van der Waals surface area contributed by atoms with Crippen LogP contribution in [0, 0.1) is 0 Å². The molecule has 1 aliphatic rings. The van der Waals surface area contributed by atoms with Crippen LogP contribution < -0.4 is 0 Å². The Morgan fingerprint density at radius 1 is 1.22 bits per heavy atom. The van der Waals surface area contributed by atoms with E-state index in [0.29, 0.717) is 0 Å². The van der Waals surface area contributed by atoms with E-state index < -0.39 is 0 Å². The fourth-order valence-electron chi connectivity index (χ4n) is 2.25. The van der Waals surface area contributed by atoms with Crippen LogP contribution in [-0.4, -0.2) is 42.1 Å². The zero-order valence-electron chi connectivity index (χ0n) is 11.8. The van der Waals surface area contributed by atoms with Gasteiger partial charge in [-0.25, -0.2) is 0 Å². The molecule has 0 atom stereocenters. The van der Waals surface area contributed by atoms with Crippen molar-refractivity contribution in [2.45, 2.75) is 51.9 Å². The first-order valence-electron chi connectivity index (χ1n) is 7.42. The Hall–Kier alpha value is -0.830. The minimum absolute atomic E-state index is 0.232. The molecule has 104 valence electrons. The summed E-state index contributed by atoms with van der Waals surface area (Å²) in [5.74, 6) is 1.20. The van der Waals surface area contributed by atoms with E-state index in [9.17, 15) is 0 Å². The lowest BCUT2D eigenvalue weighted by molar-refractivity contribution is 0.255. The standard InChI is InChI=1S/C15H28N2O/c1-2-3-4-5-6-7-8-9-10-15-16-11-12-17(15)13-14-18/h6-7,18H,2-5,8-14H2,1H3/b7-6+. The molecule has 1 heterocycles. The Balaban J connectivity index is 2.03. The number of hydrogen-bond acceptors (Lipinski definition) is 3. The van der Waals surface area contributed by atoms with Crippen LogP contribution in [0.5, 0.6) is 0 Å². The van der Waals surface area contributed by atoms with E-state index in [0.717, 1.165) is 32.5 Å². The number of amidine groups is 1. The third-order valence-corrected chi connectivity index (χ3v) is 3.31. The molecule has 0 saturated heterocycles. The first-order chi connectivity index (χ1) is 8.88. The summed E-state index contributed by atoms with van der Waals surface area (Å²) >= 11 is 0. The minimum atomic E-state index is 0.232. The number of aliphatic hydroxyl groups is 1. The summed E-state index contributed by atoms with van der Waals surface area (Å²) in [5.41, 5.74) is 0. The average Bonchev–Trinajstić information content (AvgIpc) is 2.81. The van der Waals surface area contributed by atoms with Gasteiger partial charge < -0.3 is 10.0 Å². The van der Waals surface area contributed by atoms with Crippen LogP contribution in [0.4, 0.5) is 0 Å². The first-order valence-corrected chi connectivity index (χ1v) is 7.42. The van der Waals surface area contributed by atoms with Crippen molar-refractivity contribution in [3.8, 4) is 0 Å². The number of β-amino-alcohol motifs (C(OH)–C–C–N with tert-alkyl or cyclic N) is 1. The molecule has 0 spiro atoms. The summed E-state index contributed by atoms with van der Waals surface area (Å²) < 4.78 is 0. The van der Waals surface area contributed by atoms with Crippen molar-refractivity contribution in [2.24, 2.45) is 4.99 Å². The van der Waals surface area contributed by atoms with E-state index >= 15 is 0 Å². The van der Waals surface area contributed by atoms with Gasteiger partial charge in [0.2, 0.25) is 0 Å². The predicted molar refractivity (Wildman–Crippen MR) is 78.1 cm³/mol. The first kappa shape index (κ1) is 15.2. The molecule has 0 fully saturated rings. The Bertz CT molecular complexity index is 261. The van der Waals surface area contributed by atoms with Gasteiger partial charge in [-0.1, -0.05) is 31.9 Å². The number of allylic oxidation sites excluding steroid dienone is 2. The number of hydrogen-bond donors (Lipinski definition) is 1. The maximum Gasteiger partial charge on any atom is 0.0991 e. The molecule has 3 heteroatoms. The molecule has 0 aromatic rings. The number of nitrogens with zero attached hydrogens (tertiary/aromatic N) is 2. The largest absolute Gasteiger partial charge is 0.395 e. The molecule has 0 bridgehead atoms. The van der Waals surface area contributed by atoms with Crippen LogP contribution in [0.15, 0.2) is 17.1 Å². The van der Waals surface area contributed by atoms with Crippen LogP contribution in [0.25, 0.3) is 0 Å². The number of aliphatic hydroxyl groups excluding tert-OH is 1. The predicted octanol–water partition coefficient (Wildman–Crippen LogP) is 3.00. The fraction of sp³-hybridized carbons (Fsp3) is 0.800. The van der Waals surface area contributed by atoms with E-state index in [1.54, 1.807) is 0 Å². The molecular weight excluding hydrogens is 224 g/mol. The Labute approximate surface area is 112 Å². The monoisotopic (exact) mass is 252 g/mol. The van der Waals surface area contributed by atoms with Crippen molar-refractivity contribution in [1.29, 1.82) is 0 Å². The van der Waals surface area contributed by atoms with E-state index in [1.807, 2.05) is 0 Å². The molecule has 0 amide bonds. The Kier molecular flexibility index (Phi) is 8.57. The van der Waals surface area contributed by atoms with Crippen LogP contribution in [-0.2, 0) is 0 Å². The summed E-state index contributed by atoms with van der Waals surface area (Å²) in [6.45, 7) is 5.11. The van der Waals surface area contributed by atoms with Crippen molar-refractivity contribution in [1.82, 2.24) is 4.90 Å². The van der Waals surface area contributed by atoms with Gasteiger partial charge in [0.15, 0.2) is 0 Å². The van der Waals surface area contributed by atoms with Crippen molar-refractivity contribution in [2.75, 3.05) is 26.2 Å². The van der Waals surface area contributed by atoms with E-state index in [1.165, 1.54) is 37.9 Å². The van der Waals surface area contributed by atoms with Crippen LogP contribution in [0.1, 0.15) is 51.9 Å². The average molecular weight is 252 g/mol. The van der Waals surface area contributed by atoms with Crippen molar-refractivity contribution < 1.29 is 5.11 Å². The fourth-order valence-corrected chi connectivity index (χ4v) is 2.25. The molecule has 0 saturated carbocycles. The maximum atomic E-state index is 8.95. The smallest absolute Gasteiger partial charge is 0.0991 e. The number of unbranched alkanes of at least 4 members (excludes halogenated alkanes) is 4. The third kappa shape index (κ3) is 6.20. The lowest BCUT2D eigenvalue weighted by Gasteiger charge is -2.18. The molecule has 0 unspecified atom stereocenters. The summed E-state index contributed by atoms with van der Waals surface area (Å²) in [4.78, 5) is 6.71. The van der Waals surface area contributed by atoms with Gasteiger partial charge in [-0.05, 0) is 25.7 Å². The summed E-state index contributed by atoms with van der Waals surface area (Å²) in [5, 5.41) is 8.95. The van der Waals surface area contributed by atoms with E-state index in [2.05, 4.69) is 29.0 Å². The third-order valence-electron chi connectivity index (χ3n) is 3.31. The number of rotatable bonds is 10. The van der Waals surface area contributed by atoms with Gasteiger partial charge in [-0.3, -0.25) is 4.99 Å². The molecule has 1 aliphatic heterocycles. The van der Waals surface area contributed by atoms with Crippen molar-refractivity contribution >= 4 is 5.84 Å². The Morgan fingerprint density at radius 2 is 2.00 bits per heavy atom. The van der Waals surface area contributed by atoms with Gasteiger partial charge in [0.25, 0.3) is 0 Å². The van der Waals surface area contributed by atoms with Gasteiger partial charge in [0, 0.05) is 19.5 Å². The topological polar surface area (TPSA) is 35.8 Å². The second-order valence-corrected chi connectivity index (χ2v) is 4.87. The van der Waals surface area contributed by atoms with Gasteiger partial charge in [-0.15, -0.1) is 0 Å². The Morgan fingerprint density at radius 3 is 2.72 bits per heavy atom. The second kappa shape index (κ2) is 10.1. The highest BCUT2D eigenvalue weighted by atomic mass is 16.3. The van der Waals surface area contributed by atoms with Gasteiger partial charge >= 0.3 is 0 Å². The molecule has 0 aliphatic carbocycles. The molecule has 0 aromatic heterocycles. The normalized spacial score (nSPS) is 15.7. The van der Waals surface area contributed by atoms with Gasteiger partial charge in [-0.2, -0.15) is 0 Å². The summed E-state index contributed by atoms with van der Waals surface area (Å²) in [6.07, 6.45) is 13.2. The minimum Gasteiger partial charge on any atom is -0.395 e.